The number of benzene rings is 1. The van der Waals surface area contributed by atoms with E-state index in [1.165, 1.54) is 62.5 Å². The van der Waals surface area contributed by atoms with Crippen molar-refractivity contribution < 1.29 is 0 Å². The van der Waals surface area contributed by atoms with Gasteiger partial charge in [-0.2, -0.15) is 0 Å². The summed E-state index contributed by atoms with van der Waals surface area (Å²) in [4.78, 5) is 0. The summed E-state index contributed by atoms with van der Waals surface area (Å²) in [6, 6.07) is 9.37. The molecule has 0 unspecified atom stereocenters. The van der Waals surface area contributed by atoms with Gasteiger partial charge < -0.3 is 0 Å². The zero-order valence-electron chi connectivity index (χ0n) is 14.1. The Hall–Kier alpha value is -0.870. The SMILES string of the molecule is [CH]1C=C(c2ccccc2P(C2CCCC2)C2CCCC2)C=CC1. The summed E-state index contributed by atoms with van der Waals surface area (Å²) in [7, 11) is 0.00777. The molecule has 0 spiro atoms. The molecule has 4 rings (SSSR count). The van der Waals surface area contributed by atoms with Crippen LogP contribution in [-0.2, 0) is 0 Å². The van der Waals surface area contributed by atoms with Crippen LogP contribution in [0.5, 0.6) is 0 Å². The lowest BCUT2D eigenvalue weighted by Crippen LogP contribution is -2.22. The summed E-state index contributed by atoms with van der Waals surface area (Å²) in [5.74, 6) is 0. The summed E-state index contributed by atoms with van der Waals surface area (Å²) in [6.45, 7) is 0. The van der Waals surface area contributed by atoms with Gasteiger partial charge in [-0.05, 0) is 66.3 Å². The Labute approximate surface area is 142 Å². The molecule has 1 radical (unpaired) electrons. The molecule has 0 nitrogen and oxygen atoms in total. The Morgan fingerprint density at radius 3 is 2.09 bits per heavy atom. The zero-order chi connectivity index (χ0) is 15.5. The summed E-state index contributed by atoms with van der Waals surface area (Å²) in [6.07, 6.45) is 22.2. The average molecular weight is 323 g/mol. The van der Waals surface area contributed by atoms with Gasteiger partial charge in [-0.15, -0.1) is 0 Å². The van der Waals surface area contributed by atoms with Gasteiger partial charge in [0.05, 0.1) is 0 Å². The first kappa shape index (κ1) is 15.6. The minimum Gasteiger partial charge on any atom is -0.0833 e. The van der Waals surface area contributed by atoms with Gasteiger partial charge in [0.25, 0.3) is 0 Å². The third-order valence-electron chi connectivity index (χ3n) is 5.80. The molecule has 2 saturated carbocycles. The smallest absolute Gasteiger partial charge is 0.0110 e. The summed E-state index contributed by atoms with van der Waals surface area (Å²) in [5, 5.41) is 1.72. The number of allylic oxidation sites excluding steroid dienone is 4. The highest BCUT2D eigenvalue weighted by atomic mass is 31.1. The Bertz CT molecular complexity index is 570. The number of rotatable bonds is 4. The van der Waals surface area contributed by atoms with Crippen molar-refractivity contribution in [1.82, 2.24) is 0 Å². The molecule has 0 atom stereocenters. The van der Waals surface area contributed by atoms with Gasteiger partial charge in [0.1, 0.15) is 0 Å². The van der Waals surface area contributed by atoms with Crippen molar-refractivity contribution in [3.63, 3.8) is 0 Å². The zero-order valence-corrected chi connectivity index (χ0v) is 15.0. The van der Waals surface area contributed by atoms with Gasteiger partial charge in [0, 0.05) is 0 Å². The number of hydrogen-bond acceptors (Lipinski definition) is 0. The molecule has 0 bridgehead atoms. The molecule has 2 fully saturated rings. The Morgan fingerprint density at radius 2 is 1.48 bits per heavy atom. The van der Waals surface area contributed by atoms with Gasteiger partial charge >= 0.3 is 0 Å². The maximum Gasteiger partial charge on any atom is -0.0110 e. The van der Waals surface area contributed by atoms with Crippen LogP contribution >= 0.6 is 7.92 Å². The standard InChI is InChI=1S/C22H28P/c1-2-10-18(11-3-1)21-16-8-9-17-22(21)23(19-12-4-5-13-19)20-14-6-7-15-20/h2-3,8-11,16-17,19-20H,1,4-7,12-15H2. The normalized spacial score (nSPS) is 22.9. The second-order valence-electron chi connectivity index (χ2n) is 7.30. The van der Waals surface area contributed by atoms with Crippen molar-refractivity contribution in [2.45, 2.75) is 69.1 Å². The van der Waals surface area contributed by atoms with E-state index in [9.17, 15) is 0 Å². The molecule has 3 aliphatic carbocycles. The summed E-state index contributed by atoms with van der Waals surface area (Å²) in [5.41, 5.74) is 4.96. The van der Waals surface area contributed by atoms with Crippen molar-refractivity contribution >= 4 is 18.8 Å². The van der Waals surface area contributed by atoms with E-state index in [1.54, 1.807) is 5.30 Å². The predicted octanol–water partition coefficient (Wildman–Crippen LogP) is 6.23. The second-order valence-corrected chi connectivity index (χ2v) is 10.1. The molecule has 121 valence electrons. The van der Waals surface area contributed by atoms with Crippen LogP contribution in [0.25, 0.3) is 5.57 Å². The van der Waals surface area contributed by atoms with Gasteiger partial charge in [-0.25, -0.2) is 0 Å². The molecule has 1 heteroatoms. The maximum atomic E-state index is 2.47. The van der Waals surface area contributed by atoms with E-state index in [2.05, 4.69) is 48.9 Å². The molecule has 1 aromatic rings. The Morgan fingerprint density at radius 1 is 0.826 bits per heavy atom. The quantitative estimate of drug-likeness (QED) is 0.576. The first-order valence-electron chi connectivity index (χ1n) is 9.51. The van der Waals surface area contributed by atoms with Crippen molar-refractivity contribution in [3.8, 4) is 0 Å². The van der Waals surface area contributed by atoms with Gasteiger partial charge in [-0.1, -0.05) is 76.1 Å². The highest BCUT2D eigenvalue weighted by Crippen LogP contribution is 2.57. The van der Waals surface area contributed by atoms with E-state index < -0.39 is 0 Å². The third-order valence-corrected chi connectivity index (χ3v) is 9.35. The molecule has 0 N–H and O–H groups in total. The minimum absolute atomic E-state index is 0.00777. The fraction of sp³-hybridized carbons (Fsp3) is 0.500. The highest BCUT2D eigenvalue weighted by molar-refractivity contribution is 7.67. The van der Waals surface area contributed by atoms with Crippen LogP contribution in [0.2, 0.25) is 0 Å². The molecular weight excluding hydrogens is 295 g/mol. The minimum atomic E-state index is 0.00777. The number of hydrogen-bond donors (Lipinski definition) is 0. The molecule has 0 heterocycles. The van der Waals surface area contributed by atoms with Crippen molar-refractivity contribution in [1.29, 1.82) is 0 Å². The lowest BCUT2D eigenvalue weighted by Gasteiger charge is -2.32. The largest absolute Gasteiger partial charge is 0.0833 e. The van der Waals surface area contributed by atoms with Gasteiger partial charge in [0.2, 0.25) is 0 Å². The van der Waals surface area contributed by atoms with Crippen molar-refractivity contribution in [3.05, 3.63) is 54.5 Å². The van der Waals surface area contributed by atoms with E-state index in [1.807, 2.05) is 0 Å². The monoisotopic (exact) mass is 323 g/mol. The van der Waals surface area contributed by atoms with E-state index >= 15 is 0 Å². The fourth-order valence-corrected chi connectivity index (χ4v) is 8.67. The molecular formula is C22H28P. The van der Waals surface area contributed by atoms with E-state index in [0.29, 0.717) is 0 Å². The predicted molar refractivity (Wildman–Crippen MR) is 104 cm³/mol. The summed E-state index contributed by atoms with van der Waals surface area (Å²) >= 11 is 0. The molecule has 0 aliphatic heterocycles. The fourth-order valence-electron chi connectivity index (χ4n) is 4.70. The van der Waals surface area contributed by atoms with Gasteiger partial charge in [0.15, 0.2) is 0 Å². The van der Waals surface area contributed by atoms with Crippen LogP contribution in [-0.4, -0.2) is 11.3 Å². The van der Waals surface area contributed by atoms with Crippen LogP contribution in [0.3, 0.4) is 0 Å². The maximum absolute atomic E-state index is 2.47. The van der Waals surface area contributed by atoms with Crippen LogP contribution in [0, 0.1) is 6.42 Å². The highest BCUT2D eigenvalue weighted by Gasteiger charge is 2.35. The molecule has 1 aromatic carbocycles. The Balaban J connectivity index is 1.73. The van der Waals surface area contributed by atoms with Crippen LogP contribution in [0.1, 0.15) is 63.4 Å². The van der Waals surface area contributed by atoms with Crippen LogP contribution in [0.15, 0.2) is 42.5 Å². The van der Waals surface area contributed by atoms with E-state index in [-0.39, 0.29) is 7.92 Å². The van der Waals surface area contributed by atoms with Crippen molar-refractivity contribution in [2.24, 2.45) is 0 Å². The molecule has 3 aliphatic rings. The average Bonchev–Trinajstić information content (AvgIpc) is 3.31. The molecule has 0 amide bonds. The lowest BCUT2D eigenvalue weighted by molar-refractivity contribution is 0.835. The van der Waals surface area contributed by atoms with Crippen LogP contribution in [0.4, 0.5) is 0 Å². The lowest BCUT2D eigenvalue weighted by atomic mass is 10.00. The van der Waals surface area contributed by atoms with E-state index in [4.69, 9.17) is 0 Å². The second kappa shape index (κ2) is 7.35. The molecule has 0 aromatic heterocycles. The topological polar surface area (TPSA) is 0 Å². The Kier molecular flexibility index (Phi) is 5.00. The first-order valence-corrected chi connectivity index (χ1v) is 11.0. The van der Waals surface area contributed by atoms with Gasteiger partial charge in [-0.3, -0.25) is 0 Å². The summed E-state index contributed by atoms with van der Waals surface area (Å²) < 4.78 is 0. The first-order chi connectivity index (χ1) is 11.4. The molecule has 0 saturated heterocycles. The van der Waals surface area contributed by atoms with Crippen molar-refractivity contribution in [2.75, 3.05) is 0 Å². The van der Waals surface area contributed by atoms with Crippen LogP contribution < -0.4 is 5.30 Å². The third kappa shape index (κ3) is 3.34. The van der Waals surface area contributed by atoms with E-state index in [0.717, 1.165) is 17.7 Å². The molecule has 23 heavy (non-hydrogen) atoms.